The van der Waals surface area contributed by atoms with Crippen molar-refractivity contribution >= 4 is 23.2 Å². The Bertz CT molecular complexity index is 771. The molecule has 2 heterocycles. The third kappa shape index (κ3) is 3.45. The minimum absolute atomic E-state index is 0.00852. The number of hydrogen-bond acceptors (Lipinski definition) is 4. The number of amides is 1. The molecule has 0 saturated carbocycles. The highest BCUT2D eigenvalue weighted by molar-refractivity contribution is 7.17. The lowest BCUT2D eigenvalue weighted by Gasteiger charge is -2.19. The van der Waals surface area contributed by atoms with Gasteiger partial charge in [-0.15, -0.1) is 11.3 Å². The average molecular weight is 329 g/mol. The van der Waals surface area contributed by atoms with E-state index in [-0.39, 0.29) is 11.9 Å². The molecule has 1 aliphatic rings. The maximum atomic E-state index is 12.2. The van der Waals surface area contributed by atoms with E-state index in [1.54, 1.807) is 6.07 Å². The van der Waals surface area contributed by atoms with Gasteiger partial charge in [0.15, 0.2) is 0 Å². The fourth-order valence-corrected chi connectivity index (χ4v) is 3.60. The molecule has 0 atom stereocenters. The molecule has 1 aromatic carbocycles. The summed E-state index contributed by atoms with van der Waals surface area (Å²) in [5, 5.41) is 2.86. The highest BCUT2D eigenvalue weighted by Gasteiger charge is 2.22. The number of benzene rings is 1. The highest BCUT2D eigenvalue weighted by Crippen LogP contribution is 2.33. The number of thiophene rings is 1. The van der Waals surface area contributed by atoms with E-state index in [0.717, 1.165) is 27.3 Å². The van der Waals surface area contributed by atoms with Crippen LogP contribution in [0.1, 0.15) is 46.4 Å². The standard InChI is InChI=1S/C18H19NO3S/c1-18(2,3)22-17(21)13-6-4-5-11(9-13)14-10-12-7-8-19-16(20)15(12)23-14/h4-6,9-10H,7-8H2,1-3H3,(H,19,20). The molecule has 0 unspecified atom stereocenters. The van der Waals surface area contributed by atoms with Crippen LogP contribution in [0.2, 0.25) is 0 Å². The van der Waals surface area contributed by atoms with Crippen LogP contribution in [-0.4, -0.2) is 24.0 Å². The fourth-order valence-electron chi connectivity index (χ4n) is 2.48. The summed E-state index contributed by atoms with van der Waals surface area (Å²) in [6.45, 7) is 6.22. The van der Waals surface area contributed by atoms with Crippen molar-refractivity contribution in [3.8, 4) is 10.4 Å². The lowest BCUT2D eigenvalue weighted by Crippen LogP contribution is -2.30. The van der Waals surface area contributed by atoms with E-state index < -0.39 is 5.60 Å². The maximum absolute atomic E-state index is 12.2. The first-order chi connectivity index (χ1) is 10.8. The van der Waals surface area contributed by atoms with Crippen LogP contribution in [0.5, 0.6) is 0 Å². The van der Waals surface area contributed by atoms with E-state index >= 15 is 0 Å². The Labute approximate surface area is 139 Å². The summed E-state index contributed by atoms with van der Waals surface area (Å²) in [6.07, 6.45) is 0.851. The molecule has 0 radical (unpaired) electrons. The number of hydrogen-bond donors (Lipinski definition) is 1. The lowest BCUT2D eigenvalue weighted by atomic mass is 10.1. The number of carbonyl (C=O) groups excluding carboxylic acids is 2. The van der Waals surface area contributed by atoms with E-state index in [1.165, 1.54) is 11.3 Å². The zero-order valence-corrected chi connectivity index (χ0v) is 14.3. The first-order valence-electron chi connectivity index (χ1n) is 7.58. The van der Waals surface area contributed by atoms with Crippen molar-refractivity contribution in [3.05, 3.63) is 46.3 Å². The summed E-state index contributed by atoms with van der Waals surface area (Å²) in [4.78, 5) is 25.9. The van der Waals surface area contributed by atoms with E-state index in [1.807, 2.05) is 45.0 Å². The number of nitrogens with one attached hydrogen (secondary N) is 1. The molecule has 3 rings (SSSR count). The normalized spacial score (nSPS) is 14.1. The van der Waals surface area contributed by atoms with Crippen molar-refractivity contribution in [1.82, 2.24) is 5.32 Å². The van der Waals surface area contributed by atoms with Crippen molar-refractivity contribution in [2.75, 3.05) is 6.54 Å². The van der Waals surface area contributed by atoms with Crippen molar-refractivity contribution in [1.29, 1.82) is 0 Å². The van der Waals surface area contributed by atoms with E-state index in [0.29, 0.717) is 12.1 Å². The van der Waals surface area contributed by atoms with Gasteiger partial charge in [-0.1, -0.05) is 12.1 Å². The third-order valence-electron chi connectivity index (χ3n) is 3.48. The summed E-state index contributed by atoms with van der Waals surface area (Å²) < 4.78 is 5.41. The topological polar surface area (TPSA) is 55.4 Å². The quantitative estimate of drug-likeness (QED) is 0.856. The van der Waals surface area contributed by atoms with Crippen LogP contribution in [0.25, 0.3) is 10.4 Å². The van der Waals surface area contributed by atoms with Gasteiger partial charge in [-0.2, -0.15) is 0 Å². The van der Waals surface area contributed by atoms with Gasteiger partial charge in [0.25, 0.3) is 5.91 Å². The molecule has 4 nitrogen and oxygen atoms in total. The van der Waals surface area contributed by atoms with E-state index in [9.17, 15) is 9.59 Å². The zero-order chi connectivity index (χ0) is 16.6. The van der Waals surface area contributed by atoms with Gasteiger partial charge in [-0.05, 0) is 56.5 Å². The molecular formula is C18H19NO3S. The molecule has 120 valence electrons. The number of carbonyl (C=O) groups is 2. The predicted molar refractivity (Wildman–Crippen MR) is 91.0 cm³/mol. The molecule has 0 aliphatic carbocycles. The van der Waals surface area contributed by atoms with Crippen LogP contribution >= 0.6 is 11.3 Å². The summed E-state index contributed by atoms with van der Waals surface area (Å²) in [7, 11) is 0. The molecule has 0 bridgehead atoms. The van der Waals surface area contributed by atoms with Crippen LogP contribution in [-0.2, 0) is 11.2 Å². The van der Waals surface area contributed by atoms with Gasteiger partial charge in [0.2, 0.25) is 0 Å². The molecule has 23 heavy (non-hydrogen) atoms. The number of fused-ring (bicyclic) bond motifs is 1. The van der Waals surface area contributed by atoms with Crippen LogP contribution in [0.4, 0.5) is 0 Å². The third-order valence-corrected chi connectivity index (χ3v) is 4.70. The summed E-state index contributed by atoms with van der Waals surface area (Å²) in [5.41, 5.74) is 2.01. The van der Waals surface area contributed by atoms with E-state index in [2.05, 4.69) is 5.32 Å². The average Bonchev–Trinajstić information content (AvgIpc) is 2.91. The van der Waals surface area contributed by atoms with Gasteiger partial charge in [0.05, 0.1) is 10.4 Å². The molecule has 2 aromatic rings. The molecule has 0 fully saturated rings. The summed E-state index contributed by atoms with van der Waals surface area (Å²) in [5.74, 6) is -0.343. The second-order valence-corrected chi connectivity index (χ2v) is 7.61. The first-order valence-corrected chi connectivity index (χ1v) is 8.40. The van der Waals surface area contributed by atoms with Gasteiger partial charge in [-0.3, -0.25) is 4.79 Å². The Hall–Kier alpha value is -2.14. The van der Waals surface area contributed by atoms with Crippen molar-refractivity contribution in [2.45, 2.75) is 32.8 Å². The van der Waals surface area contributed by atoms with E-state index in [4.69, 9.17) is 4.74 Å². The van der Waals surface area contributed by atoms with Gasteiger partial charge < -0.3 is 10.1 Å². The minimum Gasteiger partial charge on any atom is -0.456 e. The van der Waals surface area contributed by atoms with Gasteiger partial charge in [0.1, 0.15) is 5.60 Å². The molecule has 1 aromatic heterocycles. The monoisotopic (exact) mass is 329 g/mol. The van der Waals surface area contributed by atoms with Crippen LogP contribution < -0.4 is 5.32 Å². The van der Waals surface area contributed by atoms with Gasteiger partial charge in [0, 0.05) is 11.4 Å². The van der Waals surface area contributed by atoms with Crippen molar-refractivity contribution < 1.29 is 14.3 Å². The maximum Gasteiger partial charge on any atom is 0.338 e. The van der Waals surface area contributed by atoms with Crippen molar-refractivity contribution in [2.24, 2.45) is 0 Å². The van der Waals surface area contributed by atoms with Crippen LogP contribution in [0.3, 0.4) is 0 Å². The second-order valence-electron chi connectivity index (χ2n) is 6.55. The minimum atomic E-state index is -0.521. The van der Waals surface area contributed by atoms with Crippen LogP contribution in [0.15, 0.2) is 30.3 Å². The molecule has 0 saturated heterocycles. The van der Waals surface area contributed by atoms with Crippen molar-refractivity contribution in [3.63, 3.8) is 0 Å². The predicted octanol–water partition coefficient (Wildman–Crippen LogP) is 3.66. The smallest absolute Gasteiger partial charge is 0.338 e. The highest BCUT2D eigenvalue weighted by atomic mass is 32.1. The van der Waals surface area contributed by atoms with Crippen LogP contribution in [0, 0.1) is 0 Å². The summed E-state index contributed by atoms with van der Waals surface area (Å²) in [6, 6.07) is 9.41. The molecule has 1 amide bonds. The Kier molecular flexibility index (Phi) is 3.98. The molecule has 1 N–H and O–H groups in total. The lowest BCUT2D eigenvalue weighted by molar-refractivity contribution is 0.00695. The zero-order valence-electron chi connectivity index (χ0n) is 13.4. The molecular weight excluding hydrogens is 310 g/mol. The largest absolute Gasteiger partial charge is 0.456 e. The Morgan fingerprint density at radius 2 is 2.04 bits per heavy atom. The Balaban J connectivity index is 1.91. The molecule has 1 aliphatic heterocycles. The van der Waals surface area contributed by atoms with Gasteiger partial charge >= 0.3 is 5.97 Å². The molecule has 0 spiro atoms. The SMILES string of the molecule is CC(C)(C)OC(=O)c1cccc(-c2cc3c(s2)C(=O)NCC3)c1. The van der Waals surface area contributed by atoms with Gasteiger partial charge in [-0.25, -0.2) is 4.79 Å². The number of esters is 1. The summed E-state index contributed by atoms with van der Waals surface area (Å²) >= 11 is 1.47. The number of ether oxygens (including phenoxy) is 1. The molecule has 5 heteroatoms. The Morgan fingerprint density at radius 3 is 2.74 bits per heavy atom. The number of rotatable bonds is 2. The second kappa shape index (κ2) is 5.81. The first kappa shape index (κ1) is 15.7. The Morgan fingerprint density at radius 1 is 1.26 bits per heavy atom. The fraction of sp³-hybridized carbons (Fsp3) is 0.333.